The molecule has 1 N–H and O–H groups in total. The first-order valence-electron chi connectivity index (χ1n) is 14.7. The van der Waals surface area contributed by atoms with Crippen molar-refractivity contribution in [1.82, 2.24) is 19.8 Å². The predicted molar refractivity (Wildman–Crippen MR) is 166 cm³/mol. The van der Waals surface area contributed by atoms with E-state index in [1.165, 1.54) is 55.5 Å². The van der Waals surface area contributed by atoms with E-state index in [0.717, 1.165) is 54.5 Å². The molecule has 2 aliphatic rings. The summed E-state index contributed by atoms with van der Waals surface area (Å²) in [5, 5.41) is 5.77. The van der Waals surface area contributed by atoms with Crippen LogP contribution in [0.5, 0.6) is 11.5 Å². The summed E-state index contributed by atoms with van der Waals surface area (Å²) < 4.78 is 11.0. The maximum Gasteiger partial charge on any atom is 0.223 e. The number of hydrogen-bond acceptors (Lipinski definition) is 8. The smallest absolute Gasteiger partial charge is 0.223 e. The van der Waals surface area contributed by atoms with E-state index in [4.69, 9.17) is 14.5 Å². The normalized spacial score (nSPS) is 16.0. The van der Waals surface area contributed by atoms with Crippen molar-refractivity contribution in [3.63, 3.8) is 0 Å². The summed E-state index contributed by atoms with van der Waals surface area (Å²) >= 11 is 0. The summed E-state index contributed by atoms with van der Waals surface area (Å²) in [4.78, 5) is 17.1. The van der Waals surface area contributed by atoms with Crippen LogP contribution in [-0.4, -0.2) is 86.3 Å². The van der Waals surface area contributed by atoms with Gasteiger partial charge in [-0.1, -0.05) is 18.2 Å². The van der Waals surface area contributed by atoms with Crippen molar-refractivity contribution in [2.24, 2.45) is 0 Å². The molecule has 0 bridgehead atoms. The third-order valence-corrected chi connectivity index (χ3v) is 8.29. The lowest BCUT2D eigenvalue weighted by Gasteiger charge is -2.37. The summed E-state index contributed by atoms with van der Waals surface area (Å²) in [7, 11) is 3.41. The first-order chi connectivity index (χ1) is 20.2. The molecule has 3 aromatic carbocycles. The average Bonchev–Trinajstić information content (AvgIpc) is 3.01. The van der Waals surface area contributed by atoms with Crippen molar-refractivity contribution in [3.05, 3.63) is 72.4 Å². The summed E-state index contributed by atoms with van der Waals surface area (Å²) in [5.74, 6) is 2.32. The molecule has 8 heteroatoms. The molecule has 0 unspecified atom stereocenters. The van der Waals surface area contributed by atoms with Crippen LogP contribution < -0.4 is 19.7 Å². The topological polar surface area (TPSA) is 66.0 Å². The standard InChI is InChI=1S/C33H40N6O2/c1-40-28-7-3-6-25(20-28)24-35-33-34-11-10-31(36-33)27-21-26-8-9-29(41-2)23-30(26)32(22-27)39-18-16-38(17-19-39)15-5-14-37-12-4-13-37/h3,6-11,20-23H,4-5,12-19,24H2,1-2H3,(H,34,35,36). The van der Waals surface area contributed by atoms with Gasteiger partial charge in [-0.05, 0) is 92.4 Å². The maximum absolute atomic E-state index is 5.60. The van der Waals surface area contributed by atoms with Crippen LogP contribution in [0.2, 0.25) is 0 Å². The van der Waals surface area contributed by atoms with Gasteiger partial charge in [-0.2, -0.15) is 0 Å². The van der Waals surface area contributed by atoms with E-state index in [9.17, 15) is 0 Å². The van der Waals surface area contributed by atoms with Crippen LogP contribution in [0.1, 0.15) is 18.4 Å². The molecule has 0 atom stereocenters. The molecule has 214 valence electrons. The highest BCUT2D eigenvalue weighted by Crippen LogP contribution is 2.35. The fourth-order valence-corrected chi connectivity index (χ4v) is 5.76. The van der Waals surface area contributed by atoms with Crippen LogP contribution >= 0.6 is 0 Å². The van der Waals surface area contributed by atoms with Gasteiger partial charge in [-0.3, -0.25) is 4.90 Å². The zero-order chi connectivity index (χ0) is 28.0. The van der Waals surface area contributed by atoms with Crippen LogP contribution in [0.4, 0.5) is 11.6 Å². The SMILES string of the molecule is COc1cccc(CNc2nccc(-c3cc(N4CCN(CCCN5CCC5)CC4)c4cc(OC)ccc4c3)n2)c1. The summed E-state index contributed by atoms with van der Waals surface area (Å²) in [6, 6.07) is 20.9. The van der Waals surface area contributed by atoms with E-state index in [0.29, 0.717) is 12.5 Å². The second kappa shape index (κ2) is 12.7. The largest absolute Gasteiger partial charge is 0.497 e. The fourth-order valence-electron chi connectivity index (χ4n) is 5.76. The summed E-state index contributed by atoms with van der Waals surface area (Å²) in [6.07, 6.45) is 4.46. The van der Waals surface area contributed by atoms with Crippen molar-refractivity contribution in [1.29, 1.82) is 0 Å². The molecule has 6 rings (SSSR count). The number of fused-ring (bicyclic) bond motifs is 1. The minimum atomic E-state index is 0.605. The van der Waals surface area contributed by atoms with Crippen molar-refractivity contribution in [2.75, 3.05) is 76.8 Å². The molecule has 0 radical (unpaired) electrons. The van der Waals surface area contributed by atoms with Gasteiger partial charge < -0.3 is 24.6 Å². The zero-order valence-corrected chi connectivity index (χ0v) is 24.2. The predicted octanol–water partition coefficient (Wildman–Crippen LogP) is 5.14. The van der Waals surface area contributed by atoms with Gasteiger partial charge in [-0.15, -0.1) is 0 Å². The van der Waals surface area contributed by atoms with Crippen molar-refractivity contribution >= 4 is 22.4 Å². The van der Waals surface area contributed by atoms with Gasteiger partial charge in [0, 0.05) is 55.6 Å². The minimum Gasteiger partial charge on any atom is -0.497 e. The Kier molecular flexibility index (Phi) is 8.49. The third kappa shape index (κ3) is 6.55. The first kappa shape index (κ1) is 27.3. The molecule has 0 spiro atoms. The van der Waals surface area contributed by atoms with E-state index in [1.807, 2.05) is 36.5 Å². The average molecular weight is 553 g/mol. The molecule has 2 saturated heterocycles. The Morgan fingerprint density at radius 2 is 1.59 bits per heavy atom. The first-order valence-corrected chi connectivity index (χ1v) is 14.7. The molecule has 8 nitrogen and oxygen atoms in total. The highest BCUT2D eigenvalue weighted by atomic mass is 16.5. The molecule has 41 heavy (non-hydrogen) atoms. The van der Waals surface area contributed by atoms with Gasteiger partial charge in [0.25, 0.3) is 0 Å². The third-order valence-electron chi connectivity index (χ3n) is 8.29. The second-order valence-corrected chi connectivity index (χ2v) is 10.9. The van der Waals surface area contributed by atoms with E-state index in [2.05, 4.69) is 55.3 Å². The van der Waals surface area contributed by atoms with Crippen LogP contribution in [0, 0.1) is 0 Å². The monoisotopic (exact) mass is 552 g/mol. The van der Waals surface area contributed by atoms with Gasteiger partial charge in [-0.25, -0.2) is 9.97 Å². The van der Waals surface area contributed by atoms with E-state index >= 15 is 0 Å². The van der Waals surface area contributed by atoms with Gasteiger partial charge in [0.15, 0.2) is 0 Å². The highest BCUT2D eigenvalue weighted by molar-refractivity contribution is 5.98. The zero-order valence-electron chi connectivity index (χ0n) is 24.2. The molecule has 3 heterocycles. The molecular weight excluding hydrogens is 512 g/mol. The number of aromatic nitrogens is 2. The van der Waals surface area contributed by atoms with E-state index in [-0.39, 0.29) is 0 Å². The number of nitrogens with one attached hydrogen (secondary N) is 1. The highest BCUT2D eigenvalue weighted by Gasteiger charge is 2.21. The lowest BCUT2D eigenvalue weighted by molar-refractivity contribution is 0.163. The Labute approximate surface area is 242 Å². The summed E-state index contributed by atoms with van der Waals surface area (Å²) in [5.41, 5.74) is 4.33. The second-order valence-electron chi connectivity index (χ2n) is 10.9. The van der Waals surface area contributed by atoms with Crippen LogP contribution in [0.25, 0.3) is 22.0 Å². The van der Waals surface area contributed by atoms with Crippen LogP contribution in [0.3, 0.4) is 0 Å². The molecule has 0 aliphatic carbocycles. The van der Waals surface area contributed by atoms with Gasteiger partial charge >= 0.3 is 0 Å². The molecule has 2 fully saturated rings. The fraction of sp³-hybridized carbons (Fsp3) is 0.394. The number of methoxy groups -OCH3 is 2. The molecule has 0 amide bonds. The van der Waals surface area contributed by atoms with Crippen molar-refractivity contribution in [2.45, 2.75) is 19.4 Å². The quantitative estimate of drug-likeness (QED) is 0.274. The molecule has 4 aromatic rings. The Hall–Kier alpha value is -3.88. The number of nitrogens with zero attached hydrogens (tertiary/aromatic N) is 5. The number of likely N-dealkylation sites (tertiary alicyclic amines) is 1. The number of piperazine rings is 1. The van der Waals surface area contributed by atoms with Crippen LogP contribution in [0.15, 0.2) is 66.9 Å². The Morgan fingerprint density at radius 1 is 0.805 bits per heavy atom. The number of hydrogen-bond donors (Lipinski definition) is 1. The molecule has 2 aliphatic heterocycles. The Balaban J connectivity index is 1.21. The van der Waals surface area contributed by atoms with E-state index < -0.39 is 0 Å². The Morgan fingerprint density at radius 3 is 2.34 bits per heavy atom. The van der Waals surface area contributed by atoms with Crippen LogP contribution in [-0.2, 0) is 6.54 Å². The number of ether oxygens (including phenoxy) is 2. The number of rotatable bonds is 11. The van der Waals surface area contributed by atoms with Gasteiger partial charge in [0.1, 0.15) is 11.5 Å². The molecular formula is C33H40N6O2. The van der Waals surface area contributed by atoms with Crippen molar-refractivity contribution in [3.8, 4) is 22.8 Å². The lowest BCUT2D eigenvalue weighted by Crippen LogP contribution is -2.47. The minimum absolute atomic E-state index is 0.605. The van der Waals surface area contributed by atoms with Gasteiger partial charge in [0.2, 0.25) is 5.95 Å². The Bertz CT molecular complexity index is 1470. The van der Waals surface area contributed by atoms with Gasteiger partial charge in [0.05, 0.1) is 19.9 Å². The van der Waals surface area contributed by atoms with E-state index in [1.54, 1.807) is 14.2 Å². The molecule has 0 saturated carbocycles. The summed E-state index contributed by atoms with van der Waals surface area (Å²) in [6.45, 7) is 9.80. The van der Waals surface area contributed by atoms with Crippen molar-refractivity contribution < 1.29 is 9.47 Å². The lowest BCUT2D eigenvalue weighted by atomic mass is 10.0. The maximum atomic E-state index is 5.60. The molecule has 1 aromatic heterocycles. The number of anilines is 2. The number of benzene rings is 3.